The number of carbonyl (C=O) groups is 3. The first-order valence-electron chi connectivity index (χ1n) is 26.9. The van der Waals surface area contributed by atoms with Gasteiger partial charge in [0, 0.05) is 6.42 Å². The number of aryl methyl sites for hydroxylation is 1. The molecular weight excluding hydrogens is 1070 g/mol. The van der Waals surface area contributed by atoms with Crippen molar-refractivity contribution in [1.82, 2.24) is 0 Å². The number of benzene rings is 2. The van der Waals surface area contributed by atoms with E-state index in [-0.39, 0.29) is 37.1 Å². The third-order valence-electron chi connectivity index (χ3n) is 12.9. The Labute approximate surface area is 473 Å². The number of esters is 2. The summed E-state index contributed by atoms with van der Waals surface area (Å²) < 4.78 is 19.7. The first-order chi connectivity index (χ1) is 35.8. The number of carbonyl (C=O) groups excluding carboxylic acids is 3. The molecule has 2 aromatic carbocycles. The molecule has 0 amide bonds. The van der Waals surface area contributed by atoms with Crippen molar-refractivity contribution < 1.29 is 42.1 Å². The Balaban J connectivity index is 2.07. The summed E-state index contributed by atoms with van der Waals surface area (Å²) in [4.78, 5) is 38.4. The Kier molecular flexibility index (Phi) is 32.3. The van der Waals surface area contributed by atoms with Crippen molar-refractivity contribution >= 4 is 41.7 Å². The van der Waals surface area contributed by atoms with Crippen LogP contribution in [0.25, 0.3) is 0 Å². The standard InChI is InChI=1S/C67H90O6.2ClH.Ru/c1-18-62(68)45-66(70)72-64-44-61(67(59(17)58(64)16)73-65(69)42-39-60-38-41-63(57(15)43-60)71-47(4)5)40-37-56(14)36-35-55(13)34-33-54(12)32-31-53(11)30-29-52(10)28-27-51(9)26-25-50(8)24-23-49(7)22-21-48(6)20-19-46(2)3;;;/h2,15,19,21,23,25,27,29,31,33,35,37-38,41,43-44,47H,18,20,22,24,26,28,30,32,34,36,39-40,42,45H2,1,3-14,16-17H3;2*1H;/q;;;+2/p-2/b46-19-,48-21-,49-23-,50-25-,51-27-,52-29-,53-31-,54-33-,55-35-,56-37-;;;. The quantitative estimate of drug-likeness (QED) is 0.0246. The van der Waals surface area contributed by atoms with Crippen LogP contribution in [0.2, 0.25) is 0 Å². The fourth-order valence-corrected chi connectivity index (χ4v) is 9.28. The van der Waals surface area contributed by atoms with Gasteiger partial charge >= 0.3 is 192 Å². The molecule has 0 saturated heterocycles. The van der Waals surface area contributed by atoms with Crippen molar-refractivity contribution in [2.75, 3.05) is 0 Å². The second-order valence-electron chi connectivity index (χ2n) is 20.9. The minimum absolute atomic E-state index is 0.0220. The molecule has 0 aliphatic carbocycles. The number of hydrogen-bond acceptors (Lipinski definition) is 6. The topological polar surface area (TPSA) is 78.9 Å². The Bertz CT molecular complexity index is 2650. The van der Waals surface area contributed by atoms with Gasteiger partial charge in [-0.25, -0.2) is 0 Å². The molecule has 2 radical (unpaired) electrons. The van der Waals surface area contributed by atoms with Gasteiger partial charge in [0.05, 0.1) is 0 Å². The van der Waals surface area contributed by atoms with Crippen molar-refractivity contribution in [2.45, 2.75) is 200 Å². The van der Waals surface area contributed by atoms with Crippen molar-refractivity contribution in [3.63, 3.8) is 0 Å². The Morgan fingerprint density at radius 3 is 1.38 bits per heavy atom. The number of ether oxygens (including phenoxy) is 3. The van der Waals surface area contributed by atoms with Crippen molar-refractivity contribution in [3.05, 3.63) is 175 Å². The Morgan fingerprint density at radius 1 is 0.566 bits per heavy atom. The molecule has 0 aliphatic rings. The van der Waals surface area contributed by atoms with E-state index in [1.165, 1.54) is 44.6 Å². The molecule has 0 atom stereocenters. The molecule has 416 valence electrons. The molecule has 0 heterocycles. The molecule has 0 aromatic heterocycles. The summed E-state index contributed by atoms with van der Waals surface area (Å²) >= 11 is -2.13. The van der Waals surface area contributed by atoms with Crippen LogP contribution in [0.5, 0.6) is 17.2 Å². The molecule has 2 aromatic rings. The van der Waals surface area contributed by atoms with Gasteiger partial charge in [-0.05, 0) is 134 Å². The molecular formula is C67H90Cl2O6Ru. The van der Waals surface area contributed by atoms with Gasteiger partial charge in [0.1, 0.15) is 12.2 Å². The van der Waals surface area contributed by atoms with Crippen LogP contribution in [0.1, 0.15) is 195 Å². The van der Waals surface area contributed by atoms with E-state index in [9.17, 15) is 14.4 Å². The SMILES string of the molecule is [CH]/C(C)=C/C/C(C)=C\C/C(C)=C\C/C(C)=C\C/C(C)=C\C/C(C)=C\C/C(C)=C\C/C(C)=C\C/C(C)=C\C/C(C)=C\Cc1cc(OC(=O)CC(=O)CC)c(C)c(C)c1OC(=O)CCc1ccc(OC(C)C)c([CH]=[Ru]([Cl])[Cl])c1. The zero-order chi connectivity index (χ0) is 56.9. The van der Waals surface area contributed by atoms with E-state index >= 15 is 0 Å². The van der Waals surface area contributed by atoms with E-state index in [1.54, 1.807) is 13.0 Å². The molecule has 9 heteroatoms. The van der Waals surface area contributed by atoms with Crippen LogP contribution in [0.15, 0.2) is 141 Å². The number of allylic oxidation sites excluding steroid dienone is 20. The van der Waals surface area contributed by atoms with Crippen LogP contribution in [0.3, 0.4) is 0 Å². The monoisotopic (exact) mass is 1160 g/mol. The average molecular weight is 1160 g/mol. The fraction of sp³-hybridized carbons (Fsp3) is 0.448. The van der Waals surface area contributed by atoms with Gasteiger partial charge in [0.15, 0.2) is 0 Å². The molecule has 0 fully saturated rings. The zero-order valence-corrected chi connectivity index (χ0v) is 52.0. The van der Waals surface area contributed by atoms with Crippen LogP contribution in [0.4, 0.5) is 0 Å². The first kappa shape index (κ1) is 67.4. The van der Waals surface area contributed by atoms with Crippen LogP contribution in [-0.4, -0.2) is 28.4 Å². The van der Waals surface area contributed by atoms with Gasteiger partial charge < -0.3 is 4.74 Å². The van der Waals surface area contributed by atoms with Crippen LogP contribution < -0.4 is 14.2 Å². The van der Waals surface area contributed by atoms with E-state index in [4.69, 9.17) is 40.5 Å². The average Bonchev–Trinajstić information content (AvgIpc) is 3.36. The molecule has 0 N–H and O–H groups in total. The third-order valence-corrected chi connectivity index (χ3v) is 14.7. The van der Waals surface area contributed by atoms with Gasteiger partial charge in [0.25, 0.3) is 0 Å². The van der Waals surface area contributed by atoms with E-state index < -0.39 is 19.5 Å². The van der Waals surface area contributed by atoms with Crippen LogP contribution >= 0.6 is 19.4 Å². The summed E-state index contributed by atoms with van der Waals surface area (Å²) in [5.74, 6) is 0.292. The summed E-state index contributed by atoms with van der Waals surface area (Å²) in [6.45, 7) is 36.7. The molecule has 0 spiro atoms. The number of halogens is 2. The number of rotatable bonds is 31. The van der Waals surface area contributed by atoms with Gasteiger partial charge in [-0.3, -0.25) is 9.59 Å². The zero-order valence-electron chi connectivity index (χ0n) is 48.8. The number of Topliss-reactive ketones (excluding diaryl/α,β-unsaturated/α-hetero) is 1. The summed E-state index contributed by atoms with van der Waals surface area (Å²) in [5.41, 5.74) is 16.7. The normalized spacial score (nSPS) is 14.1. The van der Waals surface area contributed by atoms with Gasteiger partial charge in [-0.15, -0.1) is 0 Å². The first-order valence-corrected chi connectivity index (χ1v) is 32.3. The molecule has 0 unspecified atom stereocenters. The van der Waals surface area contributed by atoms with E-state index in [0.29, 0.717) is 46.8 Å². The second-order valence-corrected chi connectivity index (χ2v) is 26.6. The Hall–Kier alpha value is -4.68. The molecule has 0 saturated carbocycles. The summed E-state index contributed by atoms with van der Waals surface area (Å²) in [6.07, 6.45) is 32.1. The molecule has 0 aliphatic heterocycles. The molecule has 0 bridgehead atoms. The van der Waals surface area contributed by atoms with E-state index in [1.807, 2.05) is 57.4 Å². The summed E-state index contributed by atoms with van der Waals surface area (Å²) in [7, 11) is 12.5. The van der Waals surface area contributed by atoms with Gasteiger partial charge in [-0.2, -0.15) is 0 Å². The van der Waals surface area contributed by atoms with Crippen LogP contribution in [-0.2, 0) is 40.7 Å². The number of ketones is 1. The van der Waals surface area contributed by atoms with Crippen molar-refractivity contribution in [3.8, 4) is 17.2 Å². The molecule has 6 nitrogen and oxygen atoms in total. The van der Waals surface area contributed by atoms with E-state index in [2.05, 4.69) is 123 Å². The molecule has 76 heavy (non-hydrogen) atoms. The maximum atomic E-state index is 13.5. The van der Waals surface area contributed by atoms with E-state index in [0.717, 1.165) is 80.1 Å². The fourth-order valence-electron chi connectivity index (χ4n) is 7.50. The summed E-state index contributed by atoms with van der Waals surface area (Å²) in [5, 5.41) is 0. The minimum atomic E-state index is -2.13. The third kappa shape index (κ3) is 29.2. The van der Waals surface area contributed by atoms with Crippen molar-refractivity contribution in [2.24, 2.45) is 0 Å². The van der Waals surface area contributed by atoms with Gasteiger partial charge in [-0.1, -0.05) is 117 Å². The summed E-state index contributed by atoms with van der Waals surface area (Å²) in [6, 6.07) is 7.54. The predicted octanol–water partition coefficient (Wildman–Crippen LogP) is 19.2. The molecule has 2 rings (SSSR count). The predicted molar refractivity (Wildman–Crippen MR) is 322 cm³/mol. The second kappa shape index (κ2) is 36.4. The van der Waals surface area contributed by atoms with Crippen molar-refractivity contribution in [1.29, 1.82) is 0 Å². The Morgan fingerprint density at radius 2 is 0.987 bits per heavy atom. The maximum absolute atomic E-state index is 13.5. The van der Waals surface area contributed by atoms with Crippen LogP contribution in [0, 0.1) is 20.8 Å². The van der Waals surface area contributed by atoms with Gasteiger partial charge in [0.2, 0.25) is 0 Å². The number of hydrogen-bond donors (Lipinski definition) is 0.